The van der Waals surface area contributed by atoms with Crippen molar-refractivity contribution >= 4 is 22.2 Å². The van der Waals surface area contributed by atoms with Gasteiger partial charge in [-0.2, -0.15) is 0 Å². The molecule has 1 aromatic rings. The van der Waals surface area contributed by atoms with E-state index in [0.29, 0.717) is 5.69 Å². The maximum atomic E-state index is 10.5. The van der Waals surface area contributed by atoms with Gasteiger partial charge in [-0.3, -0.25) is 4.79 Å². The summed E-state index contributed by atoms with van der Waals surface area (Å²) in [5.41, 5.74) is 2.99. The zero-order valence-corrected chi connectivity index (χ0v) is 7.94. The second kappa shape index (κ2) is 3.72. The Morgan fingerprint density at radius 2 is 2.45 bits per heavy atom. The van der Waals surface area contributed by atoms with E-state index in [-0.39, 0.29) is 0 Å². The van der Waals surface area contributed by atoms with Crippen molar-refractivity contribution in [3.05, 3.63) is 23.0 Å². The monoisotopic (exact) mass is 215 g/mol. The molecule has 0 saturated heterocycles. The average Bonchev–Trinajstić information content (AvgIpc) is 2.34. The molecule has 0 aliphatic rings. The van der Waals surface area contributed by atoms with Gasteiger partial charge in [0.25, 0.3) is 0 Å². The first-order valence-corrected chi connectivity index (χ1v) is 4.59. The minimum absolute atomic E-state index is 0.710. The Morgan fingerprint density at radius 1 is 1.73 bits per heavy atom. The molecule has 1 N–H and O–H groups in total. The van der Waals surface area contributed by atoms with Crippen LogP contribution in [0.25, 0.3) is 0 Å². The van der Waals surface area contributed by atoms with E-state index in [9.17, 15) is 4.79 Å². The van der Waals surface area contributed by atoms with Crippen molar-refractivity contribution in [2.24, 2.45) is 0 Å². The molecule has 0 bridgehead atoms. The second-order valence-corrected chi connectivity index (χ2v) is 3.21. The van der Waals surface area contributed by atoms with E-state index >= 15 is 0 Å². The molecule has 0 fully saturated rings. The highest BCUT2D eigenvalue weighted by Gasteiger charge is 2.05. The van der Waals surface area contributed by atoms with Crippen LogP contribution in [0.2, 0.25) is 0 Å². The molecule has 0 atom stereocenters. The van der Waals surface area contributed by atoms with Crippen LogP contribution in [-0.2, 0) is 6.42 Å². The first-order chi connectivity index (χ1) is 5.29. The van der Waals surface area contributed by atoms with Crippen LogP contribution in [0.5, 0.6) is 0 Å². The molecule has 0 saturated carbocycles. The zero-order valence-electron chi connectivity index (χ0n) is 6.36. The Balaban J connectivity index is 2.97. The Labute approximate surface area is 74.1 Å². The fraction of sp³-hybridized carbons (Fsp3) is 0.375. The minimum atomic E-state index is 0.710. The normalized spacial score (nSPS) is 10.0. The van der Waals surface area contributed by atoms with Crippen molar-refractivity contribution in [1.29, 1.82) is 0 Å². The van der Waals surface area contributed by atoms with E-state index in [1.807, 2.05) is 13.1 Å². The number of carbonyl (C=O) groups excluding carboxylic acids is 1. The zero-order chi connectivity index (χ0) is 8.27. The predicted molar refractivity (Wildman–Crippen MR) is 48.4 cm³/mol. The van der Waals surface area contributed by atoms with Gasteiger partial charge in [-0.05, 0) is 24.5 Å². The number of aryl methyl sites for hydroxylation is 1. The lowest BCUT2D eigenvalue weighted by Gasteiger charge is -1.95. The Bertz CT molecular complexity index is 255. The number of alkyl halides is 1. The third-order valence-electron chi connectivity index (χ3n) is 1.71. The van der Waals surface area contributed by atoms with E-state index < -0.39 is 0 Å². The molecule has 0 aliphatic heterocycles. The molecule has 1 rings (SSSR count). The molecule has 0 aliphatic carbocycles. The van der Waals surface area contributed by atoms with Crippen LogP contribution in [0.15, 0.2) is 6.20 Å². The highest BCUT2D eigenvalue weighted by molar-refractivity contribution is 9.09. The summed E-state index contributed by atoms with van der Waals surface area (Å²) in [5, 5.41) is 0.895. The van der Waals surface area contributed by atoms with Gasteiger partial charge in [0.1, 0.15) is 0 Å². The quantitative estimate of drug-likeness (QED) is 0.608. The number of halogens is 1. The van der Waals surface area contributed by atoms with E-state index in [2.05, 4.69) is 20.9 Å². The van der Waals surface area contributed by atoms with E-state index in [1.54, 1.807) is 0 Å². The molecule has 2 nitrogen and oxygen atoms in total. The molecule has 0 spiro atoms. The second-order valence-electron chi connectivity index (χ2n) is 2.42. The summed E-state index contributed by atoms with van der Waals surface area (Å²) < 4.78 is 0. The van der Waals surface area contributed by atoms with Gasteiger partial charge < -0.3 is 4.98 Å². The van der Waals surface area contributed by atoms with Crippen molar-refractivity contribution in [1.82, 2.24) is 4.98 Å². The molecule has 1 heterocycles. The lowest BCUT2D eigenvalue weighted by molar-refractivity contribution is 0.111. The first kappa shape index (κ1) is 8.53. The predicted octanol–water partition coefficient (Wildman–Crippen LogP) is 2.07. The number of carbonyl (C=O) groups is 1. The van der Waals surface area contributed by atoms with Crippen molar-refractivity contribution in [3.63, 3.8) is 0 Å². The average molecular weight is 216 g/mol. The number of aldehydes is 1. The number of rotatable bonds is 3. The summed E-state index contributed by atoms with van der Waals surface area (Å²) in [6.45, 7) is 2.00. The third kappa shape index (κ3) is 1.71. The smallest absolute Gasteiger partial charge is 0.166 e. The highest BCUT2D eigenvalue weighted by atomic mass is 79.9. The number of hydrogen-bond acceptors (Lipinski definition) is 1. The van der Waals surface area contributed by atoms with Crippen molar-refractivity contribution in [2.45, 2.75) is 13.3 Å². The van der Waals surface area contributed by atoms with Crippen LogP contribution in [0, 0.1) is 6.92 Å². The molecule has 0 unspecified atom stereocenters. The third-order valence-corrected chi connectivity index (χ3v) is 2.10. The molecule has 0 radical (unpaired) electrons. The molecular weight excluding hydrogens is 206 g/mol. The van der Waals surface area contributed by atoms with Crippen LogP contribution in [-0.4, -0.2) is 16.6 Å². The van der Waals surface area contributed by atoms with Crippen molar-refractivity contribution in [2.75, 3.05) is 5.33 Å². The molecule has 11 heavy (non-hydrogen) atoms. The standard InChI is InChI=1S/C8H10BrNO/c1-6-4-10-8(5-11)7(6)2-3-9/h4-5,10H,2-3H2,1H3. The number of hydrogen-bond donors (Lipinski definition) is 1. The number of aromatic amines is 1. The van der Waals surface area contributed by atoms with Gasteiger partial charge in [0.15, 0.2) is 6.29 Å². The highest BCUT2D eigenvalue weighted by Crippen LogP contribution is 2.12. The largest absolute Gasteiger partial charge is 0.359 e. The molecule has 60 valence electrons. The Morgan fingerprint density at radius 3 is 3.00 bits per heavy atom. The van der Waals surface area contributed by atoms with E-state index in [4.69, 9.17) is 0 Å². The summed E-state index contributed by atoms with van der Waals surface area (Å²) in [6, 6.07) is 0. The van der Waals surface area contributed by atoms with Crippen molar-refractivity contribution < 1.29 is 4.79 Å². The summed E-state index contributed by atoms with van der Waals surface area (Å²) in [7, 11) is 0. The van der Waals surface area contributed by atoms with Gasteiger partial charge in [0, 0.05) is 11.5 Å². The topological polar surface area (TPSA) is 32.9 Å². The molecule has 0 amide bonds. The number of H-pyrrole nitrogens is 1. The SMILES string of the molecule is Cc1c[nH]c(C=O)c1CCBr. The fourth-order valence-electron chi connectivity index (χ4n) is 1.10. The van der Waals surface area contributed by atoms with Gasteiger partial charge in [-0.15, -0.1) is 0 Å². The molecule has 0 aromatic carbocycles. The summed E-state index contributed by atoms with van der Waals surface area (Å²) in [4.78, 5) is 13.4. The van der Waals surface area contributed by atoms with E-state index in [0.717, 1.165) is 29.2 Å². The van der Waals surface area contributed by atoms with Crippen LogP contribution in [0.4, 0.5) is 0 Å². The van der Waals surface area contributed by atoms with Gasteiger partial charge in [-0.1, -0.05) is 15.9 Å². The van der Waals surface area contributed by atoms with Gasteiger partial charge in [-0.25, -0.2) is 0 Å². The van der Waals surface area contributed by atoms with E-state index in [1.165, 1.54) is 0 Å². The lowest BCUT2D eigenvalue weighted by atomic mass is 10.1. The summed E-state index contributed by atoms with van der Waals surface area (Å²) in [5.74, 6) is 0. The number of nitrogens with one attached hydrogen (secondary N) is 1. The fourth-order valence-corrected chi connectivity index (χ4v) is 1.50. The van der Waals surface area contributed by atoms with Gasteiger partial charge >= 0.3 is 0 Å². The van der Waals surface area contributed by atoms with Crippen LogP contribution in [0.1, 0.15) is 21.6 Å². The Hall–Kier alpha value is -0.570. The molecule has 1 aromatic heterocycles. The van der Waals surface area contributed by atoms with Crippen LogP contribution < -0.4 is 0 Å². The molecule has 3 heteroatoms. The molecular formula is C8H10BrNO. The lowest BCUT2D eigenvalue weighted by Crippen LogP contribution is -1.91. The minimum Gasteiger partial charge on any atom is -0.359 e. The summed E-state index contributed by atoms with van der Waals surface area (Å²) in [6.07, 6.45) is 3.64. The van der Waals surface area contributed by atoms with Gasteiger partial charge in [0.2, 0.25) is 0 Å². The Kier molecular flexibility index (Phi) is 2.88. The van der Waals surface area contributed by atoms with Gasteiger partial charge in [0.05, 0.1) is 5.69 Å². The first-order valence-electron chi connectivity index (χ1n) is 3.47. The summed E-state index contributed by atoms with van der Waals surface area (Å²) >= 11 is 3.34. The van der Waals surface area contributed by atoms with Crippen molar-refractivity contribution in [3.8, 4) is 0 Å². The van der Waals surface area contributed by atoms with Crippen LogP contribution in [0.3, 0.4) is 0 Å². The maximum absolute atomic E-state index is 10.5. The van der Waals surface area contributed by atoms with Crippen LogP contribution >= 0.6 is 15.9 Å². The maximum Gasteiger partial charge on any atom is 0.166 e. The number of aromatic nitrogens is 1.